The zero-order chi connectivity index (χ0) is 30.6. The molecule has 0 radical (unpaired) electrons. The van der Waals surface area contributed by atoms with Crippen LogP contribution >= 0.6 is 0 Å². The monoisotopic (exact) mass is 587 g/mol. The Morgan fingerprint density at radius 3 is 2.33 bits per heavy atom. The van der Waals surface area contributed by atoms with Gasteiger partial charge in [-0.05, 0) is 94.3 Å². The first-order valence-corrected chi connectivity index (χ1v) is 14.2. The molecule has 1 aliphatic heterocycles. The second-order valence-corrected chi connectivity index (χ2v) is 12.3. The third-order valence-electron chi connectivity index (χ3n) is 7.13. The van der Waals surface area contributed by atoms with Gasteiger partial charge in [-0.2, -0.15) is 13.2 Å². The van der Waals surface area contributed by atoms with E-state index in [1.165, 1.54) is 6.07 Å². The number of hydrogen-bond donors (Lipinski definition) is 1. The van der Waals surface area contributed by atoms with E-state index < -0.39 is 34.8 Å². The van der Waals surface area contributed by atoms with Crippen molar-refractivity contribution < 1.29 is 36.9 Å². The molecule has 0 saturated carbocycles. The number of carbonyl (C=O) groups excluding carboxylic acids is 1. The average Bonchev–Trinajstić information content (AvgIpc) is 2.90. The molecule has 3 aromatic carbocycles. The number of benzene rings is 3. The summed E-state index contributed by atoms with van der Waals surface area (Å²) in [7, 11) is 0. The van der Waals surface area contributed by atoms with Crippen molar-refractivity contribution in [2.75, 3.05) is 19.8 Å². The third-order valence-corrected chi connectivity index (χ3v) is 7.13. The minimum Gasteiger partial charge on any atom is -0.493 e. The molecule has 0 unspecified atom stereocenters. The Hall–Kier alpha value is -3.30. The van der Waals surface area contributed by atoms with Gasteiger partial charge in [-0.1, -0.05) is 48.5 Å². The predicted molar refractivity (Wildman–Crippen MR) is 156 cm³/mol. The molecule has 1 heterocycles. The maximum atomic E-state index is 14.1. The van der Waals surface area contributed by atoms with Gasteiger partial charge in [0.1, 0.15) is 11.4 Å². The first-order valence-electron chi connectivity index (χ1n) is 14.2. The lowest BCUT2D eigenvalue weighted by atomic mass is 9.91. The van der Waals surface area contributed by atoms with E-state index in [1.54, 1.807) is 40.7 Å². The molecular weight excluding hydrogens is 547 g/mol. The van der Waals surface area contributed by atoms with Gasteiger partial charge in [0.25, 0.3) is 0 Å². The van der Waals surface area contributed by atoms with Crippen LogP contribution in [0, 0.1) is 0 Å². The zero-order valence-electron chi connectivity index (χ0n) is 24.9. The molecule has 3 aromatic rings. The number of aryl methyl sites for hydroxylation is 2. The number of nitrogens with one attached hydrogen (secondary N) is 1. The Balaban J connectivity index is 1.42. The maximum absolute atomic E-state index is 14.1. The molecule has 0 aromatic heterocycles. The summed E-state index contributed by atoms with van der Waals surface area (Å²) in [5.41, 5.74) is -0.909. The number of carbonyl (C=O) groups is 1. The number of ether oxygens (including phenoxy) is 4. The van der Waals surface area contributed by atoms with E-state index in [4.69, 9.17) is 18.9 Å². The van der Waals surface area contributed by atoms with Crippen LogP contribution < -0.4 is 10.1 Å². The summed E-state index contributed by atoms with van der Waals surface area (Å²) in [6.07, 6.45) is -3.44. The van der Waals surface area contributed by atoms with Crippen LogP contribution in [0.15, 0.2) is 60.7 Å². The van der Waals surface area contributed by atoms with Crippen molar-refractivity contribution in [1.29, 1.82) is 0 Å². The molecule has 228 valence electrons. The highest BCUT2D eigenvalue weighted by Gasteiger charge is 2.42. The quantitative estimate of drug-likeness (QED) is 0.258. The van der Waals surface area contributed by atoms with Crippen molar-refractivity contribution in [3.8, 4) is 5.75 Å². The number of halogens is 3. The van der Waals surface area contributed by atoms with Gasteiger partial charge in [-0.25, -0.2) is 4.79 Å². The van der Waals surface area contributed by atoms with E-state index in [0.29, 0.717) is 18.4 Å². The molecule has 9 heteroatoms. The zero-order valence-corrected chi connectivity index (χ0v) is 24.9. The molecular formula is C33H40F3NO5. The first-order chi connectivity index (χ1) is 19.6. The Morgan fingerprint density at radius 2 is 1.64 bits per heavy atom. The van der Waals surface area contributed by atoms with E-state index in [-0.39, 0.29) is 38.4 Å². The summed E-state index contributed by atoms with van der Waals surface area (Å²) in [4.78, 5) is 12.6. The number of fused-ring (bicyclic) bond motifs is 1. The molecule has 1 amide bonds. The second-order valence-electron chi connectivity index (χ2n) is 12.3. The van der Waals surface area contributed by atoms with Crippen LogP contribution in [-0.4, -0.2) is 42.8 Å². The number of hydrogen-bond acceptors (Lipinski definition) is 5. The van der Waals surface area contributed by atoms with Crippen molar-refractivity contribution in [3.63, 3.8) is 0 Å². The number of rotatable bonds is 9. The first kappa shape index (κ1) is 31.6. The number of alkyl halides is 3. The van der Waals surface area contributed by atoms with E-state index >= 15 is 0 Å². The van der Waals surface area contributed by atoms with Gasteiger partial charge < -0.3 is 24.3 Å². The summed E-state index contributed by atoms with van der Waals surface area (Å²) in [5.74, 6) is -1.04. The van der Waals surface area contributed by atoms with Crippen LogP contribution in [0.1, 0.15) is 64.2 Å². The highest BCUT2D eigenvalue weighted by atomic mass is 19.4. The molecule has 0 aliphatic carbocycles. The fourth-order valence-corrected chi connectivity index (χ4v) is 4.93. The lowest BCUT2D eigenvalue weighted by Crippen LogP contribution is -2.61. The highest BCUT2D eigenvalue weighted by Crippen LogP contribution is 2.38. The topological polar surface area (TPSA) is 66.0 Å². The molecule has 0 spiro atoms. The van der Waals surface area contributed by atoms with Gasteiger partial charge in [0.2, 0.25) is 0 Å². The Morgan fingerprint density at radius 1 is 0.952 bits per heavy atom. The molecule has 0 atom stereocenters. The molecule has 6 nitrogen and oxygen atoms in total. The minimum absolute atomic E-state index is 0.128. The summed E-state index contributed by atoms with van der Waals surface area (Å²) >= 11 is 0. The summed E-state index contributed by atoms with van der Waals surface area (Å²) < 4.78 is 64.9. The van der Waals surface area contributed by atoms with E-state index in [2.05, 4.69) is 5.32 Å². The maximum Gasteiger partial charge on any atom is 0.419 e. The van der Waals surface area contributed by atoms with Crippen molar-refractivity contribution in [2.45, 2.75) is 83.4 Å². The molecule has 4 rings (SSSR count). The molecule has 1 fully saturated rings. The van der Waals surface area contributed by atoms with Crippen LogP contribution in [0.25, 0.3) is 10.8 Å². The smallest absolute Gasteiger partial charge is 0.419 e. The van der Waals surface area contributed by atoms with E-state index in [0.717, 1.165) is 22.4 Å². The van der Waals surface area contributed by atoms with Crippen LogP contribution in [0.4, 0.5) is 18.0 Å². The second kappa shape index (κ2) is 12.5. The van der Waals surface area contributed by atoms with E-state index in [1.807, 2.05) is 42.5 Å². The van der Waals surface area contributed by atoms with Gasteiger partial charge in [0.15, 0.2) is 5.79 Å². The van der Waals surface area contributed by atoms with Crippen LogP contribution in [0.5, 0.6) is 5.75 Å². The van der Waals surface area contributed by atoms with Crippen molar-refractivity contribution in [1.82, 2.24) is 5.32 Å². The molecule has 1 aliphatic rings. The highest BCUT2D eigenvalue weighted by molar-refractivity contribution is 5.85. The summed E-state index contributed by atoms with van der Waals surface area (Å²) in [6, 6.07) is 18.2. The standard InChI is InChI=1S/C33H40F3NO5/c1-30(2,3)42-29(38)37-32(21-40-31(4,5)41-22-32)18-17-23-15-16-28(27(20-23)33(34,35)36)39-19-9-13-25-12-8-11-24-10-6-7-14-26(24)25/h6-8,10-12,14-16,20H,9,13,17-19,21-22H2,1-5H3,(H,37,38). The Bertz CT molecular complexity index is 1360. The van der Waals surface area contributed by atoms with Gasteiger partial charge in [-0.3, -0.25) is 0 Å². The SMILES string of the molecule is CC(C)(C)OC(=O)NC1(CCc2ccc(OCCCc3cccc4ccccc34)c(C(F)(F)F)c2)COC(C)(C)OC1. The van der Waals surface area contributed by atoms with Crippen molar-refractivity contribution in [3.05, 3.63) is 77.4 Å². The van der Waals surface area contributed by atoms with Crippen LogP contribution in [0.2, 0.25) is 0 Å². The van der Waals surface area contributed by atoms with Crippen LogP contribution in [-0.2, 0) is 33.2 Å². The van der Waals surface area contributed by atoms with Gasteiger partial charge >= 0.3 is 12.3 Å². The fraction of sp³-hybridized carbons (Fsp3) is 0.485. The van der Waals surface area contributed by atoms with Crippen molar-refractivity contribution in [2.24, 2.45) is 0 Å². The van der Waals surface area contributed by atoms with E-state index in [9.17, 15) is 18.0 Å². The molecule has 42 heavy (non-hydrogen) atoms. The van der Waals surface area contributed by atoms with Gasteiger partial charge in [0.05, 0.1) is 30.9 Å². The van der Waals surface area contributed by atoms with Crippen molar-refractivity contribution >= 4 is 16.9 Å². The lowest BCUT2D eigenvalue weighted by Gasteiger charge is -2.44. The molecule has 0 bridgehead atoms. The molecule has 1 saturated heterocycles. The van der Waals surface area contributed by atoms with Gasteiger partial charge in [-0.15, -0.1) is 0 Å². The Labute approximate surface area is 245 Å². The predicted octanol–water partition coefficient (Wildman–Crippen LogP) is 7.85. The van der Waals surface area contributed by atoms with Crippen LogP contribution in [0.3, 0.4) is 0 Å². The number of alkyl carbamates (subject to hydrolysis) is 1. The summed E-state index contributed by atoms with van der Waals surface area (Å²) in [6.45, 7) is 9.19. The minimum atomic E-state index is -4.59. The third kappa shape index (κ3) is 8.61. The Kier molecular flexibility index (Phi) is 9.42. The lowest BCUT2D eigenvalue weighted by molar-refractivity contribution is -0.271. The normalized spacial score (nSPS) is 16.7. The fourth-order valence-electron chi connectivity index (χ4n) is 4.93. The summed E-state index contributed by atoms with van der Waals surface area (Å²) in [5, 5.41) is 5.12. The number of amides is 1. The van der Waals surface area contributed by atoms with Gasteiger partial charge in [0, 0.05) is 0 Å². The largest absolute Gasteiger partial charge is 0.493 e. The average molecular weight is 588 g/mol. The molecule has 1 N–H and O–H groups in total.